The molecule has 0 unspecified atom stereocenters. The SMILES string of the molecule is COc1ccc2c(c1)OC(C)(C)C/C2=C1/CC(C)(C)Oc2cc(OCCCCC(=O)NCc3ccccn3)ccc21. The van der Waals surface area contributed by atoms with E-state index in [0.717, 1.165) is 65.5 Å². The maximum absolute atomic E-state index is 12.2. The Labute approximate surface area is 242 Å². The van der Waals surface area contributed by atoms with E-state index < -0.39 is 0 Å². The molecular weight excluding hydrogens is 516 g/mol. The van der Waals surface area contributed by atoms with Gasteiger partial charge in [-0.05, 0) is 88.1 Å². The van der Waals surface area contributed by atoms with Crippen LogP contribution in [0.25, 0.3) is 11.1 Å². The zero-order chi connectivity index (χ0) is 29.0. The van der Waals surface area contributed by atoms with Gasteiger partial charge in [-0.15, -0.1) is 0 Å². The smallest absolute Gasteiger partial charge is 0.220 e. The van der Waals surface area contributed by atoms with Gasteiger partial charge in [0.15, 0.2) is 0 Å². The van der Waals surface area contributed by atoms with Crippen LogP contribution >= 0.6 is 0 Å². The molecule has 3 heterocycles. The van der Waals surface area contributed by atoms with Crippen LogP contribution in [0.3, 0.4) is 0 Å². The number of pyridine rings is 1. The predicted molar refractivity (Wildman–Crippen MR) is 160 cm³/mol. The van der Waals surface area contributed by atoms with Crippen LogP contribution < -0.4 is 24.3 Å². The number of rotatable bonds is 9. The average Bonchev–Trinajstić information content (AvgIpc) is 2.94. The second kappa shape index (κ2) is 11.9. The lowest BCUT2D eigenvalue weighted by Crippen LogP contribution is -2.35. The lowest BCUT2D eigenvalue weighted by molar-refractivity contribution is -0.121. The van der Waals surface area contributed by atoms with Crippen LogP contribution in [0.4, 0.5) is 0 Å². The molecule has 1 amide bonds. The second-order valence-electron chi connectivity index (χ2n) is 12.0. The van der Waals surface area contributed by atoms with Gasteiger partial charge in [0, 0.05) is 48.7 Å². The lowest BCUT2D eigenvalue weighted by Gasteiger charge is -2.39. The average molecular weight is 557 g/mol. The number of aromatic nitrogens is 1. The molecule has 0 bridgehead atoms. The Morgan fingerprint density at radius 2 is 1.51 bits per heavy atom. The number of unbranched alkanes of at least 4 members (excludes halogenated alkanes) is 1. The monoisotopic (exact) mass is 556 g/mol. The number of fused-ring (bicyclic) bond motifs is 2. The van der Waals surface area contributed by atoms with Gasteiger partial charge in [-0.2, -0.15) is 0 Å². The Morgan fingerprint density at radius 1 is 0.878 bits per heavy atom. The fraction of sp³-hybridized carbons (Fsp3) is 0.412. The maximum atomic E-state index is 12.2. The van der Waals surface area contributed by atoms with Gasteiger partial charge < -0.3 is 24.3 Å². The van der Waals surface area contributed by atoms with Crippen LogP contribution in [0.1, 0.15) is 76.6 Å². The summed E-state index contributed by atoms with van der Waals surface area (Å²) in [7, 11) is 1.67. The number of ether oxygens (including phenoxy) is 4. The molecule has 0 spiro atoms. The highest BCUT2D eigenvalue weighted by atomic mass is 16.5. The summed E-state index contributed by atoms with van der Waals surface area (Å²) in [6.45, 7) is 9.49. The van der Waals surface area contributed by atoms with Gasteiger partial charge in [0.25, 0.3) is 0 Å². The van der Waals surface area contributed by atoms with E-state index in [4.69, 9.17) is 18.9 Å². The molecule has 0 saturated carbocycles. The van der Waals surface area contributed by atoms with Gasteiger partial charge in [0.05, 0.1) is 26.0 Å². The van der Waals surface area contributed by atoms with E-state index in [2.05, 4.69) is 50.1 Å². The molecule has 2 aliphatic rings. The first-order valence-corrected chi connectivity index (χ1v) is 14.3. The number of benzene rings is 2. The molecular formula is C34H40N2O5. The van der Waals surface area contributed by atoms with E-state index in [0.29, 0.717) is 19.6 Å². The van der Waals surface area contributed by atoms with E-state index in [9.17, 15) is 4.79 Å². The third-order valence-electron chi connectivity index (χ3n) is 7.39. The van der Waals surface area contributed by atoms with Gasteiger partial charge in [-0.1, -0.05) is 6.07 Å². The van der Waals surface area contributed by atoms with Gasteiger partial charge in [-0.25, -0.2) is 0 Å². The summed E-state index contributed by atoms with van der Waals surface area (Å²) in [6, 6.07) is 17.9. The maximum Gasteiger partial charge on any atom is 0.220 e. The van der Waals surface area contributed by atoms with Crippen molar-refractivity contribution in [1.29, 1.82) is 0 Å². The summed E-state index contributed by atoms with van der Waals surface area (Å²) in [4.78, 5) is 16.4. The summed E-state index contributed by atoms with van der Waals surface area (Å²) < 4.78 is 24.4. The van der Waals surface area contributed by atoms with Crippen LogP contribution in [0.2, 0.25) is 0 Å². The Balaban J connectivity index is 1.26. The third kappa shape index (κ3) is 7.02. The minimum atomic E-state index is -0.369. The molecule has 7 nitrogen and oxygen atoms in total. The number of hydrogen-bond donors (Lipinski definition) is 1. The van der Waals surface area contributed by atoms with Gasteiger partial charge in [-0.3, -0.25) is 9.78 Å². The molecule has 0 atom stereocenters. The van der Waals surface area contributed by atoms with Gasteiger partial charge in [0.1, 0.15) is 34.2 Å². The zero-order valence-electron chi connectivity index (χ0n) is 24.7. The van der Waals surface area contributed by atoms with E-state index in [1.54, 1.807) is 13.3 Å². The Hall–Kier alpha value is -4.00. The number of nitrogens with zero attached hydrogens (tertiary/aromatic N) is 1. The number of hydrogen-bond acceptors (Lipinski definition) is 6. The summed E-state index contributed by atoms with van der Waals surface area (Å²) in [5.41, 5.74) is 4.90. The van der Waals surface area contributed by atoms with Gasteiger partial charge in [0.2, 0.25) is 5.91 Å². The fourth-order valence-electron chi connectivity index (χ4n) is 5.50. The minimum absolute atomic E-state index is 0.0249. The first-order valence-electron chi connectivity index (χ1n) is 14.3. The fourth-order valence-corrected chi connectivity index (χ4v) is 5.50. The molecule has 216 valence electrons. The Morgan fingerprint density at radius 3 is 2.12 bits per heavy atom. The normalized spacial score (nSPS) is 18.3. The molecule has 0 saturated heterocycles. The Bertz CT molecular complexity index is 1430. The number of amides is 1. The molecule has 1 N–H and O–H groups in total. The Kier molecular flexibility index (Phi) is 8.25. The van der Waals surface area contributed by atoms with Crippen molar-refractivity contribution in [2.45, 2.75) is 77.5 Å². The van der Waals surface area contributed by atoms with E-state index in [1.165, 1.54) is 11.1 Å². The molecule has 2 aromatic carbocycles. The quantitative estimate of drug-likeness (QED) is 0.286. The van der Waals surface area contributed by atoms with Crippen LogP contribution in [0, 0.1) is 0 Å². The highest BCUT2D eigenvalue weighted by Gasteiger charge is 2.37. The number of methoxy groups -OCH3 is 1. The first-order chi connectivity index (χ1) is 19.6. The van der Waals surface area contributed by atoms with Crippen LogP contribution in [-0.4, -0.2) is 35.8 Å². The van der Waals surface area contributed by atoms with Crippen molar-refractivity contribution in [3.05, 3.63) is 77.6 Å². The first kappa shape index (κ1) is 28.5. The molecule has 7 heteroatoms. The molecule has 0 fully saturated rings. The molecule has 0 radical (unpaired) electrons. The molecule has 1 aromatic heterocycles. The van der Waals surface area contributed by atoms with Crippen molar-refractivity contribution in [3.63, 3.8) is 0 Å². The molecule has 0 aliphatic carbocycles. The van der Waals surface area contributed by atoms with Gasteiger partial charge >= 0.3 is 0 Å². The summed E-state index contributed by atoms with van der Waals surface area (Å²) in [5.74, 6) is 3.25. The minimum Gasteiger partial charge on any atom is -0.497 e. The van der Waals surface area contributed by atoms with Crippen LogP contribution in [-0.2, 0) is 11.3 Å². The number of carbonyl (C=O) groups excluding carboxylic acids is 1. The zero-order valence-corrected chi connectivity index (χ0v) is 24.7. The summed E-state index contributed by atoms with van der Waals surface area (Å²) >= 11 is 0. The highest BCUT2D eigenvalue weighted by Crippen LogP contribution is 2.50. The van der Waals surface area contributed by atoms with E-state index in [1.807, 2.05) is 42.5 Å². The molecule has 2 aliphatic heterocycles. The molecule has 5 rings (SSSR count). The highest BCUT2D eigenvalue weighted by molar-refractivity contribution is 5.96. The standard InChI is InChI=1S/C34H40N2O5/c1-33(2)20-28(26-14-12-24(38-5)18-30(26)40-33)29-21-34(3,4)41-31-19-25(13-15-27(29)31)39-17-9-7-11-32(37)36-22-23-10-6-8-16-35-23/h6,8,10,12-16,18-19H,7,9,11,17,20-22H2,1-5H3,(H,36,37)/b29-28+. The van der Waals surface area contributed by atoms with Crippen molar-refractivity contribution in [2.24, 2.45) is 0 Å². The van der Waals surface area contributed by atoms with Crippen molar-refractivity contribution < 1.29 is 23.7 Å². The van der Waals surface area contributed by atoms with Crippen LogP contribution in [0.5, 0.6) is 23.0 Å². The van der Waals surface area contributed by atoms with E-state index in [-0.39, 0.29) is 17.1 Å². The summed E-state index contributed by atoms with van der Waals surface area (Å²) in [6.07, 6.45) is 5.31. The van der Waals surface area contributed by atoms with Crippen molar-refractivity contribution in [3.8, 4) is 23.0 Å². The van der Waals surface area contributed by atoms with E-state index >= 15 is 0 Å². The number of carbonyl (C=O) groups is 1. The predicted octanol–water partition coefficient (Wildman–Crippen LogP) is 6.99. The molecule has 3 aromatic rings. The largest absolute Gasteiger partial charge is 0.497 e. The second-order valence-corrected chi connectivity index (χ2v) is 12.0. The topological polar surface area (TPSA) is 78.9 Å². The lowest BCUT2D eigenvalue weighted by atomic mass is 9.79. The molecule has 41 heavy (non-hydrogen) atoms. The third-order valence-corrected chi connectivity index (χ3v) is 7.39. The van der Waals surface area contributed by atoms with Crippen LogP contribution in [0.15, 0.2) is 60.8 Å². The van der Waals surface area contributed by atoms with Crippen molar-refractivity contribution >= 4 is 17.1 Å². The van der Waals surface area contributed by atoms with Crippen molar-refractivity contribution in [1.82, 2.24) is 10.3 Å². The number of nitrogens with one attached hydrogen (secondary N) is 1. The van der Waals surface area contributed by atoms with Crippen molar-refractivity contribution in [2.75, 3.05) is 13.7 Å². The summed E-state index contributed by atoms with van der Waals surface area (Å²) in [5, 5.41) is 2.92.